The van der Waals surface area contributed by atoms with Crippen LogP contribution in [0.3, 0.4) is 0 Å². The van der Waals surface area contributed by atoms with Crippen molar-refractivity contribution in [1.82, 2.24) is 0 Å². The van der Waals surface area contributed by atoms with Gasteiger partial charge >= 0.3 is 5.97 Å². The Morgan fingerprint density at radius 3 is 2.38 bits per heavy atom. The highest BCUT2D eigenvalue weighted by Crippen LogP contribution is 2.27. The number of nitrogens with one attached hydrogen (secondary N) is 1. The van der Waals surface area contributed by atoms with Crippen LogP contribution in [0.2, 0.25) is 0 Å². The minimum atomic E-state index is -0.575. The summed E-state index contributed by atoms with van der Waals surface area (Å²) in [5.41, 5.74) is 2.68. The van der Waals surface area contributed by atoms with Crippen LogP contribution in [0.15, 0.2) is 41.3 Å². The Balaban J connectivity index is 1.89. The van der Waals surface area contributed by atoms with Gasteiger partial charge in [0.1, 0.15) is 11.2 Å². The molecule has 6 nitrogen and oxygen atoms in total. The summed E-state index contributed by atoms with van der Waals surface area (Å²) in [5, 5.41) is 13.6. The lowest BCUT2D eigenvalue weighted by Gasteiger charge is -2.13. The molecule has 0 aliphatic carbocycles. The van der Waals surface area contributed by atoms with Crippen LogP contribution in [-0.4, -0.2) is 25.1 Å². The van der Waals surface area contributed by atoms with Gasteiger partial charge in [0.25, 0.3) is 5.91 Å². The fraction of sp³-hybridized carbons (Fsp3) is 0.318. The Morgan fingerprint density at radius 2 is 1.79 bits per heavy atom. The quantitative estimate of drug-likeness (QED) is 0.274. The number of aryl methyl sites for hydroxylation is 2. The van der Waals surface area contributed by atoms with Gasteiger partial charge in [0, 0.05) is 10.6 Å². The molecule has 0 atom stereocenters. The monoisotopic (exact) mass is 412 g/mol. The van der Waals surface area contributed by atoms with E-state index in [0.717, 1.165) is 40.6 Å². The topological polar surface area (TPSA) is 88.4 Å². The number of carbonyl (C=O) groups excluding carboxylic acids is 2. The highest BCUT2D eigenvalue weighted by Gasteiger charge is 2.13. The molecular formula is C22H24N2O4S. The number of nitrogens with zero attached hydrogens (tertiary/aromatic N) is 1. The summed E-state index contributed by atoms with van der Waals surface area (Å²) in [7, 11) is 0. The number of rotatable bonds is 9. The molecule has 2 aromatic carbocycles. The molecule has 0 aliphatic rings. The third kappa shape index (κ3) is 6.84. The van der Waals surface area contributed by atoms with Gasteiger partial charge < -0.3 is 14.8 Å². The molecule has 0 radical (unpaired) electrons. The van der Waals surface area contributed by atoms with E-state index in [-0.39, 0.29) is 6.61 Å². The van der Waals surface area contributed by atoms with Crippen LogP contribution < -0.4 is 10.1 Å². The molecule has 0 heterocycles. The third-order valence-corrected chi connectivity index (χ3v) is 4.69. The number of thioether (sulfide) groups is 1. The number of benzene rings is 2. The molecule has 0 spiro atoms. The van der Waals surface area contributed by atoms with E-state index in [1.807, 2.05) is 31.4 Å². The number of thiocyanates is 1. The lowest BCUT2D eigenvalue weighted by Crippen LogP contribution is -2.21. The van der Waals surface area contributed by atoms with E-state index in [0.29, 0.717) is 23.6 Å². The first-order valence-electron chi connectivity index (χ1n) is 9.31. The van der Waals surface area contributed by atoms with Gasteiger partial charge in [0.15, 0.2) is 6.61 Å². The fourth-order valence-corrected chi connectivity index (χ4v) is 3.22. The standard InChI is InChI=1S/C22H24N2O4S/c1-4-5-10-27-18-8-6-17(7-9-18)22(26)28-13-20(25)24-21-15(2)11-19(29-14-23)12-16(21)3/h6-9,11-12H,4-5,10,13H2,1-3H3,(H,24,25). The average molecular weight is 413 g/mol. The van der Waals surface area contributed by atoms with Gasteiger partial charge in [-0.1, -0.05) is 13.3 Å². The smallest absolute Gasteiger partial charge is 0.338 e. The molecule has 7 heteroatoms. The van der Waals surface area contributed by atoms with Gasteiger partial charge in [0.2, 0.25) is 0 Å². The fourth-order valence-electron chi connectivity index (χ4n) is 2.64. The van der Waals surface area contributed by atoms with Crippen LogP contribution in [0, 0.1) is 24.5 Å². The number of ether oxygens (including phenoxy) is 2. The van der Waals surface area contributed by atoms with Crippen LogP contribution in [0.25, 0.3) is 0 Å². The van der Waals surface area contributed by atoms with Crippen molar-refractivity contribution < 1.29 is 19.1 Å². The van der Waals surface area contributed by atoms with E-state index in [1.165, 1.54) is 0 Å². The molecule has 2 rings (SSSR count). The van der Waals surface area contributed by atoms with E-state index in [4.69, 9.17) is 14.7 Å². The van der Waals surface area contributed by atoms with Crippen LogP contribution in [0.1, 0.15) is 41.3 Å². The molecular weight excluding hydrogens is 388 g/mol. The second-order valence-electron chi connectivity index (χ2n) is 6.48. The minimum Gasteiger partial charge on any atom is -0.494 e. The predicted molar refractivity (Wildman–Crippen MR) is 113 cm³/mol. The zero-order valence-corrected chi connectivity index (χ0v) is 17.6. The summed E-state index contributed by atoms with van der Waals surface area (Å²) in [5.74, 6) is -0.309. The van der Waals surface area contributed by atoms with E-state index in [2.05, 4.69) is 12.2 Å². The SMILES string of the molecule is CCCCOc1ccc(C(=O)OCC(=O)Nc2c(C)cc(SC#N)cc2C)cc1. The summed E-state index contributed by atoms with van der Waals surface area (Å²) in [6.45, 7) is 6.03. The van der Waals surface area contributed by atoms with Gasteiger partial charge in [-0.2, -0.15) is 5.26 Å². The van der Waals surface area contributed by atoms with Crippen molar-refractivity contribution in [2.45, 2.75) is 38.5 Å². The molecule has 0 unspecified atom stereocenters. The molecule has 152 valence electrons. The second kappa shape index (κ2) is 11.1. The number of esters is 1. The summed E-state index contributed by atoms with van der Waals surface area (Å²) in [6.07, 6.45) is 2.02. The Morgan fingerprint density at radius 1 is 1.14 bits per heavy atom. The molecule has 1 amide bonds. The number of hydrogen-bond acceptors (Lipinski definition) is 6. The normalized spacial score (nSPS) is 10.1. The van der Waals surface area contributed by atoms with Crippen molar-refractivity contribution in [3.63, 3.8) is 0 Å². The molecule has 0 bridgehead atoms. The molecule has 1 N–H and O–H groups in total. The lowest BCUT2D eigenvalue weighted by atomic mass is 10.1. The molecule has 0 aromatic heterocycles. The van der Waals surface area contributed by atoms with E-state index >= 15 is 0 Å². The van der Waals surface area contributed by atoms with Gasteiger partial charge in [-0.3, -0.25) is 4.79 Å². The Kier molecular flexibility index (Phi) is 8.56. The highest BCUT2D eigenvalue weighted by atomic mass is 32.2. The molecule has 0 fully saturated rings. The first-order chi connectivity index (χ1) is 13.9. The molecule has 29 heavy (non-hydrogen) atoms. The number of carbonyl (C=O) groups is 2. The first kappa shape index (κ1) is 22.3. The van der Waals surface area contributed by atoms with Crippen molar-refractivity contribution in [2.75, 3.05) is 18.5 Å². The average Bonchev–Trinajstić information content (AvgIpc) is 2.70. The lowest BCUT2D eigenvalue weighted by molar-refractivity contribution is -0.119. The van der Waals surface area contributed by atoms with Gasteiger partial charge in [-0.15, -0.1) is 0 Å². The van der Waals surface area contributed by atoms with Crippen molar-refractivity contribution in [3.8, 4) is 11.2 Å². The van der Waals surface area contributed by atoms with Crippen molar-refractivity contribution in [3.05, 3.63) is 53.1 Å². The maximum atomic E-state index is 12.2. The zero-order valence-electron chi connectivity index (χ0n) is 16.8. The molecule has 2 aromatic rings. The van der Waals surface area contributed by atoms with E-state index in [9.17, 15) is 9.59 Å². The Labute approximate surface area is 175 Å². The number of nitriles is 1. The minimum absolute atomic E-state index is 0.353. The first-order valence-corrected chi connectivity index (χ1v) is 10.1. The van der Waals surface area contributed by atoms with Gasteiger partial charge in [-0.25, -0.2) is 4.79 Å². The second-order valence-corrected chi connectivity index (χ2v) is 7.33. The van der Waals surface area contributed by atoms with E-state index in [1.54, 1.807) is 24.3 Å². The number of hydrogen-bond donors (Lipinski definition) is 1. The summed E-state index contributed by atoms with van der Waals surface area (Å²) in [4.78, 5) is 25.2. The van der Waals surface area contributed by atoms with Crippen LogP contribution in [0.4, 0.5) is 5.69 Å². The number of unbranched alkanes of at least 4 members (excludes halogenated alkanes) is 1. The molecule has 0 aliphatic heterocycles. The molecule has 0 saturated carbocycles. The third-order valence-electron chi connectivity index (χ3n) is 4.13. The summed E-state index contributed by atoms with van der Waals surface area (Å²) >= 11 is 1.06. The summed E-state index contributed by atoms with van der Waals surface area (Å²) < 4.78 is 10.7. The molecule has 0 saturated heterocycles. The maximum Gasteiger partial charge on any atom is 0.338 e. The van der Waals surface area contributed by atoms with Gasteiger partial charge in [-0.05, 0) is 79.6 Å². The van der Waals surface area contributed by atoms with Crippen LogP contribution in [0.5, 0.6) is 5.75 Å². The number of amides is 1. The number of anilines is 1. The van der Waals surface area contributed by atoms with Crippen molar-refractivity contribution >= 4 is 29.3 Å². The van der Waals surface area contributed by atoms with Crippen molar-refractivity contribution in [1.29, 1.82) is 5.26 Å². The summed E-state index contributed by atoms with van der Waals surface area (Å²) in [6, 6.07) is 10.3. The van der Waals surface area contributed by atoms with Crippen molar-refractivity contribution in [2.24, 2.45) is 0 Å². The van der Waals surface area contributed by atoms with Gasteiger partial charge in [0.05, 0.1) is 12.2 Å². The Hall–Kier alpha value is -2.98. The van der Waals surface area contributed by atoms with E-state index < -0.39 is 11.9 Å². The largest absolute Gasteiger partial charge is 0.494 e. The zero-order chi connectivity index (χ0) is 21.2. The van der Waals surface area contributed by atoms with Crippen LogP contribution >= 0.6 is 11.8 Å². The Bertz CT molecular complexity index is 881. The van der Waals surface area contributed by atoms with Crippen LogP contribution in [-0.2, 0) is 9.53 Å². The highest BCUT2D eigenvalue weighted by molar-refractivity contribution is 8.03. The predicted octanol–water partition coefficient (Wildman–Crippen LogP) is 4.85. The maximum absolute atomic E-state index is 12.2.